The molecule has 0 spiro atoms. The Hall–Kier alpha value is -4.66. The van der Waals surface area contributed by atoms with E-state index in [0.29, 0.717) is 38.6 Å². The summed E-state index contributed by atoms with van der Waals surface area (Å²) in [5.41, 5.74) is 7.42. The van der Waals surface area contributed by atoms with Gasteiger partial charge in [0.25, 0.3) is 0 Å². The number of rotatable bonds is 11. The molecule has 0 saturated heterocycles. The van der Waals surface area contributed by atoms with Crippen LogP contribution in [0.15, 0.2) is 94.4 Å². The average Bonchev–Trinajstić information content (AvgIpc) is 3.63. The molecule has 0 aliphatic rings. The summed E-state index contributed by atoms with van der Waals surface area (Å²) in [6, 6.07) is 25.9. The Morgan fingerprint density at radius 2 is 1.63 bits per heavy atom. The minimum absolute atomic E-state index is 0.119. The van der Waals surface area contributed by atoms with E-state index in [-0.39, 0.29) is 19.0 Å². The Morgan fingerprint density at radius 3 is 2.35 bits per heavy atom. The Kier molecular flexibility index (Phi) is 9.39. The number of nitrogens with zero attached hydrogens (tertiary/aromatic N) is 2. The molecule has 0 bridgehead atoms. The number of hydrazone groups is 1. The van der Waals surface area contributed by atoms with Crippen LogP contribution in [0.3, 0.4) is 0 Å². The highest BCUT2D eigenvalue weighted by Crippen LogP contribution is 2.29. The van der Waals surface area contributed by atoms with Crippen molar-refractivity contribution in [3.05, 3.63) is 129 Å². The van der Waals surface area contributed by atoms with Crippen LogP contribution in [0.4, 0.5) is 0 Å². The van der Waals surface area contributed by atoms with E-state index >= 15 is 0 Å². The number of ether oxygens (including phenoxy) is 3. The van der Waals surface area contributed by atoms with Gasteiger partial charge in [-0.15, -0.1) is 0 Å². The standard InChI is InChI=1S/C33H29Cl2N3O5/c1-21-4-5-22(2)38(21)25-8-10-26(11-9-25)41-20-27-12-15-31(43-27)33(39)37-36-18-23-7-14-30(32(17-23)40-3)42-19-24-6-13-28(34)29(35)16-24/h4-18H,19-20H2,1-3H3,(H,37,39). The fraction of sp³-hybridized carbons (Fsp3) is 0.152. The van der Waals surface area contributed by atoms with E-state index in [0.717, 1.165) is 22.6 Å². The number of furan rings is 1. The molecular formula is C33H29Cl2N3O5. The number of aryl methyl sites for hydroxylation is 2. The lowest BCUT2D eigenvalue weighted by Crippen LogP contribution is -2.16. The third-order valence-corrected chi connectivity index (χ3v) is 7.32. The highest BCUT2D eigenvalue weighted by atomic mass is 35.5. The van der Waals surface area contributed by atoms with Gasteiger partial charge >= 0.3 is 5.91 Å². The second-order valence-corrected chi connectivity index (χ2v) is 10.5. The van der Waals surface area contributed by atoms with Gasteiger partial charge in [0.1, 0.15) is 24.7 Å². The lowest BCUT2D eigenvalue weighted by molar-refractivity contribution is 0.0923. The summed E-state index contributed by atoms with van der Waals surface area (Å²) in [5, 5.41) is 4.98. The summed E-state index contributed by atoms with van der Waals surface area (Å²) in [7, 11) is 1.54. The first-order chi connectivity index (χ1) is 20.8. The topological polar surface area (TPSA) is 87.2 Å². The van der Waals surface area contributed by atoms with Gasteiger partial charge in [0.2, 0.25) is 0 Å². The predicted octanol–water partition coefficient (Wildman–Crippen LogP) is 7.92. The number of aromatic nitrogens is 1. The van der Waals surface area contributed by atoms with Crippen molar-refractivity contribution in [3.8, 4) is 22.9 Å². The molecule has 0 aliphatic heterocycles. The predicted molar refractivity (Wildman–Crippen MR) is 167 cm³/mol. The highest BCUT2D eigenvalue weighted by Gasteiger charge is 2.12. The zero-order chi connectivity index (χ0) is 30.3. The third-order valence-electron chi connectivity index (χ3n) is 6.58. The number of amides is 1. The average molecular weight is 619 g/mol. The van der Waals surface area contributed by atoms with Crippen molar-refractivity contribution in [2.75, 3.05) is 7.11 Å². The third kappa shape index (κ3) is 7.41. The molecule has 0 atom stereocenters. The van der Waals surface area contributed by atoms with Gasteiger partial charge in [-0.1, -0.05) is 29.3 Å². The van der Waals surface area contributed by atoms with Crippen LogP contribution in [-0.2, 0) is 13.2 Å². The van der Waals surface area contributed by atoms with Crippen LogP contribution in [-0.4, -0.2) is 23.8 Å². The van der Waals surface area contributed by atoms with Crippen molar-refractivity contribution in [2.45, 2.75) is 27.1 Å². The molecule has 0 fully saturated rings. The van der Waals surface area contributed by atoms with Crippen LogP contribution in [0, 0.1) is 13.8 Å². The van der Waals surface area contributed by atoms with Crippen molar-refractivity contribution < 1.29 is 23.4 Å². The van der Waals surface area contributed by atoms with E-state index in [1.165, 1.54) is 6.21 Å². The number of carbonyl (C=O) groups is 1. The molecule has 2 aromatic heterocycles. The van der Waals surface area contributed by atoms with Crippen molar-refractivity contribution >= 4 is 35.3 Å². The molecule has 1 amide bonds. The van der Waals surface area contributed by atoms with Gasteiger partial charge < -0.3 is 23.2 Å². The van der Waals surface area contributed by atoms with Crippen LogP contribution < -0.4 is 19.6 Å². The summed E-state index contributed by atoms with van der Waals surface area (Å²) in [5.74, 6) is 1.89. The van der Waals surface area contributed by atoms with Crippen molar-refractivity contribution in [2.24, 2.45) is 5.10 Å². The number of hydrogen-bond donors (Lipinski definition) is 1. The van der Waals surface area contributed by atoms with Gasteiger partial charge in [-0.05, 0) is 104 Å². The van der Waals surface area contributed by atoms with E-state index in [2.05, 4.69) is 41.1 Å². The minimum atomic E-state index is -0.488. The zero-order valence-electron chi connectivity index (χ0n) is 23.8. The first-order valence-electron chi connectivity index (χ1n) is 13.4. The number of benzene rings is 3. The maximum absolute atomic E-state index is 12.5. The second kappa shape index (κ2) is 13.5. The molecule has 8 nitrogen and oxygen atoms in total. The van der Waals surface area contributed by atoms with E-state index in [1.54, 1.807) is 49.6 Å². The van der Waals surface area contributed by atoms with Crippen LogP contribution in [0.25, 0.3) is 5.69 Å². The first-order valence-corrected chi connectivity index (χ1v) is 14.1. The maximum Gasteiger partial charge on any atom is 0.307 e. The number of carbonyl (C=O) groups excluding carboxylic acids is 1. The van der Waals surface area contributed by atoms with Gasteiger partial charge in [0, 0.05) is 17.1 Å². The van der Waals surface area contributed by atoms with Crippen LogP contribution in [0.1, 0.15) is 38.8 Å². The lowest BCUT2D eigenvalue weighted by Gasteiger charge is -2.11. The fourth-order valence-electron chi connectivity index (χ4n) is 4.39. The zero-order valence-corrected chi connectivity index (χ0v) is 25.3. The quantitative estimate of drug-likeness (QED) is 0.120. The molecule has 1 N–H and O–H groups in total. The second-order valence-electron chi connectivity index (χ2n) is 9.65. The normalized spacial score (nSPS) is 11.1. The first kappa shape index (κ1) is 29.8. The Morgan fingerprint density at radius 1 is 0.860 bits per heavy atom. The molecule has 220 valence electrons. The molecule has 0 radical (unpaired) electrons. The highest BCUT2D eigenvalue weighted by molar-refractivity contribution is 6.42. The van der Waals surface area contributed by atoms with Crippen molar-refractivity contribution in [1.29, 1.82) is 0 Å². The van der Waals surface area contributed by atoms with Gasteiger partial charge in [-0.2, -0.15) is 5.10 Å². The Labute approximate surface area is 259 Å². The number of methoxy groups -OCH3 is 1. The summed E-state index contributed by atoms with van der Waals surface area (Å²) in [6.07, 6.45) is 1.50. The monoisotopic (exact) mass is 617 g/mol. The molecule has 10 heteroatoms. The van der Waals surface area contributed by atoms with Crippen LogP contribution >= 0.6 is 23.2 Å². The van der Waals surface area contributed by atoms with Gasteiger partial charge in [-0.25, -0.2) is 5.43 Å². The molecular weight excluding hydrogens is 589 g/mol. The van der Waals surface area contributed by atoms with Gasteiger partial charge in [-0.3, -0.25) is 4.79 Å². The molecule has 3 aromatic carbocycles. The molecule has 43 heavy (non-hydrogen) atoms. The Balaban J connectivity index is 1.12. The molecule has 5 aromatic rings. The van der Waals surface area contributed by atoms with Crippen LogP contribution in [0.5, 0.6) is 17.2 Å². The number of halogens is 2. The minimum Gasteiger partial charge on any atom is -0.493 e. The molecule has 5 rings (SSSR count). The van der Waals surface area contributed by atoms with Gasteiger partial charge in [0.05, 0.1) is 23.4 Å². The largest absolute Gasteiger partial charge is 0.493 e. The van der Waals surface area contributed by atoms with Gasteiger partial charge in [0.15, 0.2) is 17.3 Å². The van der Waals surface area contributed by atoms with Crippen molar-refractivity contribution in [3.63, 3.8) is 0 Å². The maximum atomic E-state index is 12.5. The summed E-state index contributed by atoms with van der Waals surface area (Å²) in [4.78, 5) is 12.5. The Bertz CT molecular complexity index is 1740. The van der Waals surface area contributed by atoms with Crippen LogP contribution in [0.2, 0.25) is 10.0 Å². The molecule has 0 unspecified atom stereocenters. The van der Waals surface area contributed by atoms with E-state index in [9.17, 15) is 4.79 Å². The van der Waals surface area contributed by atoms with E-state index in [1.807, 2.05) is 30.3 Å². The smallest absolute Gasteiger partial charge is 0.307 e. The number of hydrogen-bond acceptors (Lipinski definition) is 6. The molecule has 0 saturated carbocycles. The summed E-state index contributed by atoms with van der Waals surface area (Å²) >= 11 is 12.1. The summed E-state index contributed by atoms with van der Waals surface area (Å²) < 4.78 is 25.0. The van der Waals surface area contributed by atoms with Crippen molar-refractivity contribution in [1.82, 2.24) is 9.99 Å². The van der Waals surface area contributed by atoms with E-state index < -0.39 is 5.91 Å². The lowest BCUT2D eigenvalue weighted by atomic mass is 10.2. The molecule has 0 aliphatic carbocycles. The SMILES string of the molecule is COc1cc(C=NNC(=O)c2ccc(COc3ccc(-n4c(C)ccc4C)cc3)o2)ccc1OCc1ccc(Cl)c(Cl)c1. The number of nitrogens with one attached hydrogen (secondary N) is 1. The van der Waals surface area contributed by atoms with E-state index in [4.69, 9.17) is 41.8 Å². The molecule has 2 heterocycles. The fourth-order valence-corrected chi connectivity index (χ4v) is 4.71. The summed E-state index contributed by atoms with van der Waals surface area (Å²) in [6.45, 7) is 4.60.